The topological polar surface area (TPSA) is 142 Å². The number of carbonyl (C=O) groups is 1. The van der Waals surface area contributed by atoms with Crippen LogP contribution in [0.4, 0.5) is 16.2 Å². The van der Waals surface area contributed by atoms with Gasteiger partial charge in [0.1, 0.15) is 21.5 Å². The fraction of sp³-hybridized carbons (Fsp3) is 0.148. The third-order valence-electron chi connectivity index (χ3n) is 6.30. The Kier molecular flexibility index (Phi) is 7.69. The average molecular weight is 581 g/mol. The molecule has 2 N–H and O–H groups in total. The van der Waals surface area contributed by atoms with E-state index < -0.39 is 21.0 Å². The number of urea groups is 1. The van der Waals surface area contributed by atoms with Crippen molar-refractivity contribution in [2.75, 3.05) is 31.5 Å². The zero-order valence-electron chi connectivity index (χ0n) is 21.0. The predicted molar refractivity (Wildman–Crippen MR) is 150 cm³/mol. The number of anilines is 1. The van der Waals surface area contributed by atoms with Gasteiger partial charge < -0.3 is 20.1 Å². The second kappa shape index (κ2) is 11.3. The second-order valence-electron chi connectivity index (χ2n) is 8.84. The van der Waals surface area contributed by atoms with Crippen LogP contribution in [0.1, 0.15) is 0 Å². The third kappa shape index (κ3) is 5.76. The largest absolute Gasteiger partial charge is 0.508 e. The fourth-order valence-electron chi connectivity index (χ4n) is 4.23. The number of phenolic OH excluding ortho intramolecular Hbond substituents is 1. The van der Waals surface area contributed by atoms with Crippen molar-refractivity contribution in [2.24, 2.45) is 0 Å². The van der Waals surface area contributed by atoms with Crippen molar-refractivity contribution in [1.82, 2.24) is 9.21 Å². The predicted octanol–water partition coefficient (Wildman–Crippen LogP) is 5.36. The number of hydrogen-bond acceptors (Lipinski definition) is 8. The minimum absolute atomic E-state index is 0.0840. The molecule has 0 saturated carbocycles. The van der Waals surface area contributed by atoms with Gasteiger partial charge in [-0.05, 0) is 53.9 Å². The number of nitrogens with zero attached hydrogens (tertiary/aromatic N) is 3. The number of nitro groups is 1. The Hall–Kier alpha value is -4.46. The van der Waals surface area contributed by atoms with E-state index in [1.807, 2.05) is 0 Å². The molecule has 0 aliphatic carbocycles. The first kappa shape index (κ1) is 27.1. The van der Waals surface area contributed by atoms with Crippen LogP contribution >= 0.6 is 11.3 Å². The summed E-state index contributed by atoms with van der Waals surface area (Å²) in [5, 5.41) is 24.8. The van der Waals surface area contributed by atoms with E-state index in [1.165, 1.54) is 45.6 Å². The molecule has 11 nitrogen and oxygen atoms in total. The van der Waals surface area contributed by atoms with Crippen LogP contribution in [0.25, 0.3) is 11.1 Å². The van der Waals surface area contributed by atoms with Crippen LogP contribution < -0.4 is 10.1 Å². The van der Waals surface area contributed by atoms with Crippen molar-refractivity contribution in [2.45, 2.75) is 4.21 Å². The zero-order chi connectivity index (χ0) is 28.3. The summed E-state index contributed by atoms with van der Waals surface area (Å²) >= 11 is 1.11. The Labute approximate surface area is 234 Å². The lowest BCUT2D eigenvalue weighted by Crippen LogP contribution is -2.51. The van der Waals surface area contributed by atoms with E-state index in [2.05, 4.69) is 5.32 Å². The molecule has 1 fully saturated rings. The van der Waals surface area contributed by atoms with E-state index in [9.17, 15) is 28.4 Å². The van der Waals surface area contributed by atoms with E-state index in [-0.39, 0.29) is 41.8 Å². The van der Waals surface area contributed by atoms with Gasteiger partial charge in [-0.2, -0.15) is 4.31 Å². The number of non-ortho nitro benzene ring substituents is 1. The van der Waals surface area contributed by atoms with Crippen molar-refractivity contribution in [3.63, 3.8) is 0 Å². The van der Waals surface area contributed by atoms with Crippen LogP contribution in [0, 0.1) is 10.1 Å². The number of piperazine rings is 1. The number of carbonyl (C=O) groups excluding carboxylic acids is 1. The highest BCUT2D eigenvalue weighted by Crippen LogP contribution is 2.40. The number of nitrogens with one attached hydrogen (secondary N) is 1. The number of para-hydroxylation sites is 1. The number of aromatic hydroxyl groups is 1. The first-order valence-corrected chi connectivity index (χ1v) is 14.5. The maximum Gasteiger partial charge on any atom is 0.321 e. The van der Waals surface area contributed by atoms with E-state index >= 15 is 0 Å². The average Bonchev–Trinajstić information content (AvgIpc) is 3.46. The molecule has 40 heavy (non-hydrogen) atoms. The molecule has 4 aromatic rings. The zero-order valence-corrected chi connectivity index (χ0v) is 22.6. The lowest BCUT2D eigenvalue weighted by Gasteiger charge is -2.33. The second-order valence-corrected chi connectivity index (χ2v) is 11.9. The Balaban J connectivity index is 1.28. The minimum atomic E-state index is -3.87. The van der Waals surface area contributed by atoms with Crippen LogP contribution in [-0.4, -0.2) is 59.9 Å². The molecule has 0 atom stereocenters. The lowest BCUT2D eigenvalue weighted by molar-refractivity contribution is -0.384. The summed E-state index contributed by atoms with van der Waals surface area (Å²) in [7, 11) is -3.87. The van der Waals surface area contributed by atoms with Crippen LogP contribution in [0.5, 0.6) is 17.2 Å². The maximum absolute atomic E-state index is 13.7. The summed E-state index contributed by atoms with van der Waals surface area (Å²) in [5.41, 5.74) is 1.44. The van der Waals surface area contributed by atoms with Gasteiger partial charge in [0.2, 0.25) is 0 Å². The number of phenols is 1. The highest BCUT2D eigenvalue weighted by Gasteiger charge is 2.33. The van der Waals surface area contributed by atoms with Crippen molar-refractivity contribution in [3.05, 3.63) is 94.4 Å². The molecule has 2 amide bonds. The van der Waals surface area contributed by atoms with E-state index in [0.29, 0.717) is 28.3 Å². The van der Waals surface area contributed by atoms with Crippen LogP contribution in [0.3, 0.4) is 0 Å². The number of benzene rings is 3. The standard InChI is InChI=1S/C27H24N4O7S2/c32-21-9-11-22(12-10-21)38-25-4-2-1-3-23(25)24-13-18-39-26(24)40(36,37)30-16-14-29(15-17-30)27(33)28-19-5-7-20(8-6-19)31(34)35/h1-13,18,32H,14-17H2,(H,28,33). The molecule has 3 aromatic carbocycles. The molecule has 0 spiro atoms. The van der Waals surface area contributed by atoms with E-state index in [1.54, 1.807) is 47.8 Å². The van der Waals surface area contributed by atoms with Crippen LogP contribution in [0.2, 0.25) is 0 Å². The maximum atomic E-state index is 13.7. The SMILES string of the molecule is O=C(Nc1ccc([N+](=O)[O-])cc1)N1CCN(S(=O)(=O)c2sccc2-c2ccccc2Oc2ccc(O)cc2)CC1. The van der Waals surface area contributed by atoms with Crippen molar-refractivity contribution in [1.29, 1.82) is 0 Å². The molecule has 1 aliphatic rings. The molecule has 0 radical (unpaired) electrons. The monoisotopic (exact) mass is 580 g/mol. The van der Waals surface area contributed by atoms with Gasteiger partial charge >= 0.3 is 6.03 Å². The number of hydrogen-bond donors (Lipinski definition) is 2. The number of amides is 2. The van der Waals surface area contributed by atoms with Gasteiger partial charge in [0.15, 0.2) is 0 Å². The van der Waals surface area contributed by atoms with Gasteiger partial charge in [0.05, 0.1) is 4.92 Å². The quantitative estimate of drug-likeness (QED) is 0.221. The number of ether oxygens (including phenoxy) is 1. The third-order valence-corrected chi connectivity index (χ3v) is 9.66. The first-order valence-electron chi connectivity index (χ1n) is 12.2. The molecule has 2 heterocycles. The minimum Gasteiger partial charge on any atom is -0.508 e. The Morgan fingerprint density at radius 1 is 0.925 bits per heavy atom. The molecule has 13 heteroatoms. The van der Waals surface area contributed by atoms with Crippen LogP contribution in [-0.2, 0) is 10.0 Å². The van der Waals surface area contributed by atoms with Gasteiger partial charge in [-0.1, -0.05) is 18.2 Å². The van der Waals surface area contributed by atoms with Gasteiger partial charge in [0, 0.05) is 55.1 Å². The van der Waals surface area contributed by atoms with Gasteiger partial charge in [-0.15, -0.1) is 11.3 Å². The first-order chi connectivity index (χ1) is 19.2. The van der Waals surface area contributed by atoms with Crippen molar-refractivity contribution >= 4 is 38.8 Å². The highest BCUT2D eigenvalue weighted by molar-refractivity contribution is 7.91. The fourth-order valence-corrected chi connectivity index (χ4v) is 7.17. The molecule has 5 rings (SSSR count). The Bertz CT molecular complexity index is 1630. The molecular weight excluding hydrogens is 556 g/mol. The summed E-state index contributed by atoms with van der Waals surface area (Å²) in [5.74, 6) is 1.07. The van der Waals surface area contributed by atoms with Crippen molar-refractivity contribution in [3.8, 4) is 28.4 Å². The number of rotatable bonds is 7. The Morgan fingerprint density at radius 3 is 2.27 bits per heavy atom. The van der Waals surface area contributed by atoms with Crippen molar-refractivity contribution < 1.29 is 28.0 Å². The smallest absolute Gasteiger partial charge is 0.321 e. The highest BCUT2D eigenvalue weighted by atomic mass is 32.2. The molecular formula is C27H24N4O7S2. The number of nitro benzene ring substituents is 1. The number of sulfonamides is 1. The van der Waals surface area contributed by atoms with Crippen LogP contribution in [0.15, 0.2) is 88.5 Å². The summed E-state index contributed by atoms with van der Waals surface area (Å²) in [4.78, 5) is 24.5. The van der Waals surface area contributed by atoms with Gasteiger partial charge in [-0.3, -0.25) is 10.1 Å². The Morgan fingerprint density at radius 2 is 1.60 bits per heavy atom. The summed E-state index contributed by atoms with van der Waals surface area (Å²) in [6.45, 7) is 0.580. The summed E-state index contributed by atoms with van der Waals surface area (Å²) < 4.78 is 34.9. The molecule has 0 unspecified atom stereocenters. The molecule has 0 bridgehead atoms. The van der Waals surface area contributed by atoms with E-state index in [0.717, 1.165) is 11.3 Å². The summed E-state index contributed by atoms with van der Waals surface area (Å²) in [6.07, 6.45) is 0. The normalized spacial score (nSPS) is 14.1. The molecule has 1 aliphatic heterocycles. The van der Waals surface area contributed by atoms with E-state index in [4.69, 9.17) is 4.74 Å². The number of thiophene rings is 1. The lowest BCUT2D eigenvalue weighted by atomic mass is 10.1. The molecule has 1 aromatic heterocycles. The van der Waals surface area contributed by atoms with Gasteiger partial charge in [0.25, 0.3) is 15.7 Å². The molecule has 1 saturated heterocycles. The summed E-state index contributed by atoms with van der Waals surface area (Å²) in [6, 6.07) is 20.2. The molecule has 206 valence electrons. The van der Waals surface area contributed by atoms with Gasteiger partial charge in [-0.25, -0.2) is 13.2 Å².